The normalized spacial score (nSPS) is 11.8. The Balaban J connectivity index is 1.91. The van der Waals surface area contributed by atoms with Crippen molar-refractivity contribution in [3.05, 3.63) is 45.5 Å². The van der Waals surface area contributed by atoms with Crippen molar-refractivity contribution in [1.82, 2.24) is 19.9 Å². The van der Waals surface area contributed by atoms with E-state index >= 15 is 0 Å². The maximum atomic E-state index is 11.5. The highest BCUT2D eigenvalue weighted by molar-refractivity contribution is 7.16. The van der Waals surface area contributed by atoms with Crippen LogP contribution in [0, 0.1) is 6.92 Å². The summed E-state index contributed by atoms with van der Waals surface area (Å²) in [7, 11) is 0. The number of H-pyrrole nitrogens is 2. The molecule has 0 saturated carbocycles. The average molecular weight is 324 g/mol. The molecule has 0 saturated heterocycles. The van der Waals surface area contributed by atoms with Crippen LogP contribution in [-0.2, 0) is 0 Å². The number of benzene rings is 1. The molecule has 0 aliphatic carbocycles. The van der Waals surface area contributed by atoms with Gasteiger partial charge < -0.3 is 9.97 Å². The number of hydrogen-bond acceptors (Lipinski definition) is 4. The highest BCUT2D eigenvalue weighted by Gasteiger charge is 2.12. The van der Waals surface area contributed by atoms with Crippen LogP contribution in [0.25, 0.3) is 32.5 Å². The van der Waals surface area contributed by atoms with E-state index in [4.69, 9.17) is 0 Å². The van der Waals surface area contributed by atoms with E-state index in [1.54, 1.807) is 0 Å². The number of rotatable bonds is 2. The fourth-order valence-electron chi connectivity index (χ4n) is 2.73. The average Bonchev–Trinajstić information content (AvgIpc) is 3.07. The van der Waals surface area contributed by atoms with Crippen molar-refractivity contribution >= 4 is 32.7 Å². The van der Waals surface area contributed by atoms with Crippen molar-refractivity contribution in [2.75, 3.05) is 0 Å². The summed E-state index contributed by atoms with van der Waals surface area (Å²) in [5.41, 5.74) is 5.61. The number of imidazole rings is 1. The van der Waals surface area contributed by atoms with Crippen molar-refractivity contribution in [3.8, 4) is 11.1 Å². The number of aryl methyl sites for hydroxylation is 1. The van der Waals surface area contributed by atoms with Gasteiger partial charge in [0.1, 0.15) is 5.82 Å². The second kappa shape index (κ2) is 5.03. The first-order valence-electron chi connectivity index (χ1n) is 7.52. The number of aromatic amines is 2. The highest BCUT2D eigenvalue weighted by Crippen LogP contribution is 2.29. The van der Waals surface area contributed by atoms with Gasteiger partial charge in [-0.05, 0) is 30.7 Å². The third-order valence-electron chi connectivity index (χ3n) is 3.96. The molecule has 0 aliphatic rings. The van der Waals surface area contributed by atoms with Crippen molar-refractivity contribution in [2.45, 2.75) is 26.7 Å². The van der Waals surface area contributed by atoms with Crippen molar-refractivity contribution < 1.29 is 0 Å². The lowest BCUT2D eigenvalue weighted by Crippen LogP contribution is -1.90. The first-order valence-corrected chi connectivity index (χ1v) is 8.33. The van der Waals surface area contributed by atoms with Gasteiger partial charge in [0.2, 0.25) is 0 Å². The van der Waals surface area contributed by atoms with Gasteiger partial charge >= 0.3 is 4.87 Å². The Morgan fingerprint density at radius 1 is 1.09 bits per heavy atom. The molecular weight excluding hydrogens is 308 g/mol. The van der Waals surface area contributed by atoms with Crippen LogP contribution >= 0.6 is 11.3 Å². The van der Waals surface area contributed by atoms with Gasteiger partial charge in [-0.2, -0.15) is 0 Å². The number of aromatic nitrogens is 4. The molecule has 0 spiro atoms. The van der Waals surface area contributed by atoms with Crippen LogP contribution in [0.4, 0.5) is 0 Å². The van der Waals surface area contributed by atoms with Crippen molar-refractivity contribution in [1.29, 1.82) is 0 Å². The fourth-order valence-corrected chi connectivity index (χ4v) is 3.50. The standard InChI is InChI=1S/C17H16N4OS/c1-8(2)15-19-13-7-11(9(3)18-16(13)21-15)10-4-5-12-14(6-10)23-17(22)20-12/h4-8H,1-3H3,(H,20,22)(H,18,19,21). The smallest absolute Gasteiger partial charge is 0.305 e. The van der Waals surface area contributed by atoms with Crippen LogP contribution in [0.2, 0.25) is 0 Å². The van der Waals surface area contributed by atoms with E-state index in [1.165, 1.54) is 11.3 Å². The van der Waals surface area contributed by atoms with Gasteiger partial charge in [0.05, 0.1) is 15.7 Å². The number of hydrogen-bond donors (Lipinski definition) is 2. The molecule has 0 amide bonds. The lowest BCUT2D eigenvalue weighted by molar-refractivity contribution is 0.798. The quantitative estimate of drug-likeness (QED) is 0.586. The minimum Gasteiger partial charge on any atom is -0.340 e. The van der Waals surface area contributed by atoms with Crippen molar-refractivity contribution in [2.24, 2.45) is 0 Å². The summed E-state index contributed by atoms with van der Waals surface area (Å²) in [6, 6.07) is 8.08. The third kappa shape index (κ3) is 2.35. The summed E-state index contributed by atoms with van der Waals surface area (Å²) in [4.78, 5) is 26.8. The summed E-state index contributed by atoms with van der Waals surface area (Å²) in [6.07, 6.45) is 0. The Bertz CT molecular complexity index is 1090. The van der Waals surface area contributed by atoms with Gasteiger partial charge in [-0.15, -0.1) is 0 Å². The predicted molar refractivity (Wildman–Crippen MR) is 94.2 cm³/mol. The van der Waals surface area contributed by atoms with Gasteiger partial charge in [0.15, 0.2) is 5.65 Å². The molecule has 23 heavy (non-hydrogen) atoms. The monoisotopic (exact) mass is 324 g/mol. The van der Waals surface area contributed by atoms with Crippen LogP contribution in [0.5, 0.6) is 0 Å². The molecule has 0 atom stereocenters. The summed E-state index contributed by atoms with van der Waals surface area (Å²) in [5.74, 6) is 1.28. The van der Waals surface area contributed by atoms with E-state index in [9.17, 15) is 4.79 Å². The zero-order chi connectivity index (χ0) is 16.1. The molecule has 4 aromatic rings. The largest absolute Gasteiger partial charge is 0.340 e. The van der Waals surface area contributed by atoms with Crippen LogP contribution < -0.4 is 4.87 Å². The Morgan fingerprint density at radius 3 is 2.70 bits per heavy atom. The second-order valence-corrected chi connectivity index (χ2v) is 7.01. The lowest BCUT2D eigenvalue weighted by atomic mass is 10.0. The van der Waals surface area contributed by atoms with E-state index in [-0.39, 0.29) is 4.87 Å². The molecule has 5 nitrogen and oxygen atoms in total. The molecule has 3 heterocycles. The Kier molecular flexibility index (Phi) is 3.09. The van der Waals surface area contributed by atoms with Crippen LogP contribution in [-0.4, -0.2) is 19.9 Å². The molecule has 4 rings (SSSR count). The fraction of sp³-hybridized carbons (Fsp3) is 0.235. The SMILES string of the molecule is Cc1nc2nc(C(C)C)[nH]c2cc1-c1ccc2[nH]c(=O)sc2c1. The van der Waals surface area contributed by atoms with Crippen LogP contribution in [0.15, 0.2) is 29.1 Å². The molecule has 0 fully saturated rings. The van der Waals surface area contributed by atoms with Gasteiger partial charge in [-0.3, -0.25) is 4.79 Å². The molecule has 2 N–H and O–H groups in total. The number of fused-ring (bicyclic) bond motifs is 2. The van der Waals surface area contributed by atoms with E-state index in [0.717, 1.165) is 44.0 Å². The molecule has 1 aromatic carbocycles. The minimum absolute atomic E-state index is 0.0300. The first-order chi connectivity index (χ1) is 11.0. The summed E-state index contributed by atoms with van der Waals surface area (Å²) < 4.78 is 0.958. The van der Waals surface area contributed by atoms with Crippen LogP contribution in [0.1, 0.15) is 31.3 Å². The van der Waals surface area contributed by atoms with E-state index in [2.05, 4.69) is 39.8 Å². The molecule has 116 valence electrons. The molecule has 0 aliphatic heterocycles. The number of nitrogens with zero attached hydrogens (tertiary/aromatic N) is 2. The Morgan fingerprint density at radius 2 is 1.91 bits per heavy atom. The zero-order valence-electron chi connectivity index (χ0n) is 13.1. The summed E-state index contributed by atoms with van der Waals surface area (Å²) in [6.45, 7) is 6.20. The maximum absolute atomic E-state index is 11.5. The summed E-state index contributed by atoms with van der Waals surface area (Å²) in [5, 5.41) is 0. The third-order valence-corrected chi connectivity index (χ3v) is 4.81. The topological polar surface area (TPSA) is 74.4 Å². The number of nitrogens with one attached hydrogen (secondary N) is 2. The minimum atomic E-state index is -0.0300. The van der Waals surface area contributed by atoms with Gasteiger partial charge in [0, 0.05) is 17.2 Å². The lowest BCUT2D eigenvalue weighted by Gasteiger charge is -2.05. The van der Waals surface area contributed by atoms with Crippen molar-refractivity contribution in [3.63, 3.8) is 0 Å². The zero-order valence-corrected chi connectivity index (χ0v) is 13.9. The molecule has 0 unspecified atom stereocenters. The first kappa shape index (κ1) is 14.1. The van der Waals surface area contributed by atoms with Crippen LogP contribution in [0.3, 0.4) is 0 Å². The molecular formula is C17H16N4OS. The van der Waals surface area contributed by atoms with E-state index in [1.807, 2.05) is 25.1 Å². The molecule has 0 radical (unpaired) electrons. The van der Waals surface area contributed by atoms with E-state index < -0.39 is 0 Å². The highest BCUT2D eigenvalue weighted by atomic mass is 32.1. The number of pyridine rings is 1. The van der Waals surface area contributed by atoms with Gasteiger partial charge in [0.25, 0.3) is 0 Å². The molecule has 3 aromatic heterocycles. The second-order valence-electron chi connectivity index (χ2n) is 5.99. The molecule has 0 bridgehead atoms. The van der Waals surface area contributed by atoms with Gasteiger partial charge in [-0.1, -0.05) is 31.3 Å². The summed E-state index contributed by atoms with van der Waals surface area (Å²) >= 11 is 1.23. The molecule has 6 heteroatoms. The number of thiazole rings is 1. The maximum Gasteiger partial charge on any atom is 0.305 e. The predicted octanol–water partition coefficient (Wildman–Crippen LogP) is 3.96. The van der Waals surface area contributed by atoms with Gasteiger partial charge in [-0.25, -0.2) is 9.97 Å². The van der Waals surface area contributed by atoms with E-state index in [0.29, 0.717) is 5.92 Å². The Labute approximate surface area is 136 Å². The Hall–Kier alpha value is -2.47.